The van der Waals surface area contributed by atoms with Crippen LogP contribution in [-0.4, -0.2) is 70.7 Å². The molecule has 0 aliphatic carbocycles. The quantitative estimate of drug-likeness (QED) is 0.115. The molecule has 4 aromatic carbocycles. The number of benzene rings is 4. The van der Waals surface area contributed by atoms with Crippen LogP contribution in [0, 0.1) is 23.7 Å². The number of aliphatic hydroxyl groups is 1. The van der Waals surface area contributed by atoms with Crippen molar-refractivity contribution in [1.82, 2.24) is 20.9 Å². The number of aliphatic hydroxyl groups excluding tert-OH is 1. The molecule has 11 heteroatoms. The van der Waals surface area contributed by atoms with Gasteiger partial charge in [-0.2, -0.15) is 0 Å². The van der Waals surface area contributed by atoms with E-state index in [1.165, 1.54) is 0 Å². The largest absolute Gasteiger partial charge is 0.394 e. The molecule has 2 heterocycles. The van der Waals surface area contributed by atoms with Gasteiger partial charge in [0.1, 0.15) is 0 Å². The third kappa shape index (κ3) is 11.8. The minimum atomic E-state index is -0.470. The molecule has 0 aromatic heterocycles. The predicted octanol–water partition coefficient (Wildman–Crippen LogP) is 4.06. The van der Waals surface area contributed by atoms with E-state index in [9.17, 15) is 28.8 Å². The van der Waals surface area contributed by atoms with Crippen LogP contribution < -0.4 is 16.0 Å². The van der Waals surface area contributed by atoms with Crippen LogP contribution in [0.4, 0.5) is 0 Å². The van der Waals surface area contributed by atoms with E-state index in [0.717, 1.165) is 16.0 Å². The van der Waals surface area contributed by atoms with Gasteiger partial charge in [0.15, 0.2) is 0 Å². The Balaban J connectivity index is 0.000000204. The van der Waals surface area contributed by atoms with E-state index in [2.05, 4.69) is 52.8 Å². The van der Waals surface area contributed by atoms with Crippen LogP contribution in [0.5, 0.6) is 0 Å². The second kappa shape index (κ2) is 20.6. The van der Waals surface area contributed by atoms with Crippen molar-refractivity contribution in [1.29, 1.82) is 0 Å². The zero-order valence-corrected chi connectivity index (χ0v) is 29.8. The SMILES string of the molecule is C=CCC(CN1C(=O)c2ccccc2C1=O)NC(=O)C#Cc1ccccc1.C=CCC(CO)NC(=O)C#Cc1ccccc1.O=C1NC(=O)c2ccccc21. The molecule has 11 nitrogen and oxygen atoms in total. The molecular formula is C44H38N4O7. The molecule has 0 saturated carbocycles. The molecule has 0 spiro atoms. The Morgan fingerprint density at radius 2 is 1.00 bits per heavy atom. The summed E-state index contributed by atoms with van der Waals surface area (Å²) in [4.78, 5) is 71.6. The highest BCUT2D eigenvalue weighted by Gasteiger charge is 2.36. The van der Waals surface area contributed by atoms with E-state index in [1.54, 1.807) is 72.8 Å². The molecule has 276 valence electrons. The molecule has 0 saturated heterocycles. The number of carbonyl (C=O) groups excluding carboxylic acids is 6. The average molecular weight is 735 g/mol. The average Bonchev–Trinajstić information content (AvgIpc) is 3.63. The lowest BCUT2D eigenvalue weighted by Crippen LogP contribution is -2.45. The monoisotopic (exact) mass is 734 g/mol. The van der Waals surface area contributed by atoms with Gasteiger partial charge in [0.25, 0.3) is 35.4 Å². The van der Waals surface area contributed by atoms with E-state index in [1.807, 2.05) is 48.5 Å². The van der Waals surface area contributed by atoms with Crippen molar-refractivity contribution in [3.05, 3.63) is 168 Å². The van der Waals surface area contributed by atoms with Gasteiger partial charge in [-0.25, -0.2) is 0 Å². The molecule has 6 rings (SSSR count). The van der Waals surface area contributed by atoms with Crippen LogP contribution >= 0.6 is 0 Å². The zero-order valence-electron chi connectivity index (χ0n) is 29.8. The minimum Gasteiger partial charge on any atom is -0.394 e. The van der Waals surface area contributed by atoms with E-state index in [0.29, 0.717) is 35.1 Å². The summed E-state index contributed by atoms with van der Waals surface area (Å²) in [5, 5.41) is 16.5. The van der Waals surface area contributed by atoms with E-state index in [-0.39, 0.29) is 42.8 Å². The molecule has 2 aliphatic heterocycles. The number of nitrogens with one attached hydrogen (secondary N) is 3. The smallest absolute Gasteiger partial charge is 0.296 e. The van der Waals surface area contributed by atoms with Crippen molar-refractivity contribution >= 4 is 35.4 Å². The number of amides is 6. The van der Waals surface area contributed by atoms with Crippen molar-refractivity contribution in [3.63, 3.8) is 0 Å². The zero-order chi connectivity index (χ0) is 39.6. The van der Waals surface area contributed by atoms with Crippen molar-refractivity contribution in [3.8, 4) is 23.7 Å². The number of hydrogen-bond donors (Lipinski definition) is 4. The Hall–Kier alpha value is -7.34. The maximum atomic E-state index is 12.5. The van der Waals surface area contributed by atoms with Gasteiger partial charge in [-0.1, -0.05) is 84.7 Å². The summed E-state index contributed by atoms with van der Waals surface area (Å²) in [5.41, 5.74) is 3.22. The van der Waals surface area contributed by atoms with Gasteiger partial charge in [-0.15, -0.1) is 13.2 Å². The summed E-state index contributed by atoms with van der Waals surface area (Å²) in [5.74, 6) is 8.37. The lowest BCUT2D eigenvalue weighted by atomic mass is 10.1. The van der Waals surface area contributed by atoms with Crippen molar-refractivity contribution in [2.75, 3.05) is 13.2 Å². The van der Waals surface area contributed by atoms with Gasteiger partial charge >= 0.3 is 0 Å². The Kier molecular flexibility index (Phi) is 15.2. The first-order chi connectivity index (χ1) is 26.6. The Bertz CT molecular complexity index is 2130. The molecule has 2 aliphatic rings. The summed E-state index contributed by atoms with van der Waals surface area (Å²) in [6.07, 6.45) is 4.21. The molecule has 2 atom stereocenters. The van der Waals surface area contributed by atoms with Crippen LogP contribution in [0.2, 0.25) is 0 Å². The third-order valence-electron chi connectivity index (χ3n) is 7.91. The molecule has 0 bridgehead atoms. The van der Waals surface area contributed by atoms with E-state index >= 15 is 0 Å². The highest BCUT2D eigenvalue weighted by molar-refractivity contribution is 6.22. The molecule has 55 heavy (non-hydrogen) atoms. The highest BCUT2D eigenvalue weighted by atomic mass is 16.3. The summed E-state index contributed by atoms with van der Waals surface area (Å²) in [7, 11) is 0. The van der Waals surface area contributed by atoms with Crippen LogP contribution in [0.3, 0.4) is 0 Å². The number of fused-ring (bicyclic) bond motifs is 2. The van der Waals surface area contributed by atoms with Gasteiger partial charge in [-0.3, -0.25) is 39.0 Å². The van der Waals surface area contributed by atoms with Crippen LogP contribution in [-0.2, 0) is 9.59 Å². The fourth-order valence-electron chi connectivity index (χ4n) is 5.25. The fraction of sp³-hybridized carbons (Fsp3) is 0.136. The minimum absolute atomic E-state index is 0.0666. The fourth-order valence-corrected chi connectivity index (χ4v) is 5.25. The van der Waals surface area contributed by atoms with Gasteiger partial charge < -0.3 is 15.7 Å². The number of imide groups is 2. The Morgan fingerprint density at radius 1 is 0.618 bits per heavy atom. The van der Waals surface area contributed by atoms with Crippen LogP contribution in [0.15, 0.2) is 135 Å². The normalized spacial score (nSPS) is 12.9. The summed E-state index contributed by atoms with van der Waals surface area (Å²) < 4.78 is 0. The lowest BCUT2D eigenvalue weighted by Gasteiger charge is -2.21. The third-order valence-corrected chi connectivity index (χ3v) is 7.91. The Morgan fingerprint density at radius 3 is 1.42 bits per heavy atom. The van der Waals surface area contributed by atoms with Crippen molar-refractivity contribution < 1.29 is 33.9 Å². The second-order valence-electron chi connectivity index (χ2n) is 11.9. The maximum Gasteiger partial charge on any atom is 0.296 e. The molecule has 4 aromatic rings. The first-order valence-electron chi connectivity index (χ1n) is 17.1. The number of hydrogen-bond acceptors (Lipinski definition) is 7. The molecule has 4 N–H and O–H groups in total. The maximum absolute atomic E-state index is 12.5. The standard InChI is InChI=1S/C22H18N2O3.C14H15NO2.C8H5NO2/c1-2-8-17(23-20(25)14-13-16-9-4-3-5-10-16)15-24-21(26)18-11-6-7-12-19(18)22(24)27;1-2-6-13(11-16)15-14(17)10-9-12-7-4-3-5-8-12;10-7-5-3-1-2-4-6(5)8(11)9-7/h2-7,9-12,17H,1,8,15H2,(H,23,25);2-5,7-8,13,16H,1,6,11H2,(H,15,17);1-4H,(H,9,10,11). The molecule has 0 radical (unpaired) electrons. The number of carbonyl (C=O) groups is 6. The van der Waals surface area contributed by atoms with Crippen molar-refractivity contribution in [2.24, 2.45) is 0 Å². The topological polar surface area (TPSA) is 162 Å². The van der Waals surface area contributed by atoms with Crippen molar-refractivity contribution in [2.45, 2.75) is 24.9 Å². The van der Waals surface area contributed by atoms with Gasteiger partial charge in [-0.05, 0) is 61.4 Å². The van der Waals surface area contributed by atoms with E-state index < -0.39 is 17.9 Å². The predicted molar refractivity (Wildman–Crippen MR) is 207 cm³/mol. The second-order valence-corrected chi connectivity index (χ2v) is 11.9. The summed E-state index contributed by atoms with van der Waals surface area (Å²) >= 11 is 0. The number of nitrogens with zero attached hydrogens (tertiary/aromatic N) is 1. The molecule has 2 unspecified atom stereocenters. The summed E-state index contributed by atoms with van der Waals surface area (Å²) in [6.45, 7) is 7.17. The van der Waals surface area contributed by atoms with Crippen LogP contribution in [0.25, 0.3) is 0 Å². The molecule has 0 fully saturated rings. The van der Waals surface area contributed by atoms with Gasteiger partial charge in [0.05, 0.1) is 40.9 Å². The van der Waals surface area contributed by atoms with E-state index in [4.69, 9.17) is 5.11 Å². The summed E-state index contributed by atoms with van der Waals surface area (Å²) in [6, 6.07) is 31.1. The first-order valence-corrected chi connectivity index (χ1v) is 17.1. The first kappa shape index (κ1) is 40.4. The van der Waals surface area contributed by atoms with Gasteiger partial charge in [0.2, 0.25) is 0 Å². The van der Waals surface area contributed by atoms with Crippen LogP contribution in [0.1, 0.15) is 65.4 Å². The molecule has 6 amide bonds. The Labute approximate surface area is 319 Å². The number of rotatable bonds is 9. The lowest BCUT2D eigenvalue weighted by molar-refractivity contribution is -0.117. The highest BCUT2D eigenvalue weighted by Crippen LogP contribution is 2.23. The molecular weight excluding hydrogens is 697 g/mol. The van der Waals surface area contributed by atoms with Gasteiger partial charge in [0, 0.05) is 29.5 Å².